The second kappa shape index (κ2) is 19.3. The molecule has 4 unspecified atom stereocenters. The van der Waals surface area contributed by atoms with Crippen LogP contribution in [0.4, 0.5) is 0 Å². The lowest BCUT2D eigenvalue weighted by atomic mass is 9.98. The highest BCUT2D eigenvalue weighted by Gasteiger charge is 2.44. The average Bonchev–Trinajstić information content (AvgIpc) is 3.27. The Balaban J connectivity index is 1.21. The predicted molar refractivity (Wildman–Crippen MR) is 229 cm³/mol. The van der Waals surface area contributed by atoms with Gasteiger partial charge in [-0.05, 0) is 99.4 Å². The molecule has 0 bridgehead atoms. The van der Waals surface area contributed by atoms with Crippen LogP contribution in [0, 0.1) is 13.8 Å². The van der Waals surface area contributed by atoms with Crippen molar-refractivity contribution in [1.82, 2.24) is 10.6 Å². The van der Waals surface area contributed by atoms with Gasteiger partial charge in [0.15, 0.2) is 23.7 Å². The molecule has 0 heterocycles. The third-order valence-electron chi connectivity index (χ3n) is 10.7. The molecule has 6 aromatic carbocycles. The summed E-state index contributed by atoms with van der Waals surface area (Å²) in [5.74, 6) is -0.145. The van der Waals surface area contributed by atoms with Gasteiger partial charge in [-0.2, -0.15) is 0 Å². The van der Waals surface area contributed by atoms with Crippen molar-refractivity contribution in [3.05, 3.63) is 144 Å². The highest BCUT2D eigenvalue weighted by molar-refractivity contribution is 5.90. The number of hydrogen-bond donors (Lipinski definition) is 4. The summed E-state index contributed by atoms with van der Waals surface area (Å²) in [6.07, 6.45) is -4.56. The van der Waals surface area contributed by atoms with Crippen LogP contribution in [0.3, 0.4) is 0 Å². The van der Waals surface area contributed by atoms with Crippen molar-refractivity contribution in [3.8, 4) is 23.0 Å². The molecule has 6 rings (SSSR count). The number of esters is 2. The van der Waals surface area contributed by atoms with Gasteiger partial charge in [0.05, 0.1) is 27.4 Å². The molecule has 0 spiro atoms. The third-order valence-corrected chi connectivity index (χ3v) is 10.7. The van der Waals surface area contributed by atoms with Crippen molar-refractivity contribution >= 4 is 33.5 Å². The fourth-order valence-electron chi connectivity index (χ4n) is 7.20. The molecule has 0 saturated heterocycles. The van der Waals surface area contributed by atoms with Crippen molar-refractivity contribution in [2.45, 2.75) is 50.3 Å². The molecule has 4 N–H and O–H groups in total. The smallest absolute Gasteiger partial charge is 0.340 e. The first-order valence-corrected chi connectivity index (χ1v) is 19.7. The normalized spacial score (nSPS) is 14.3. The number of methoxy groups -OCH3 is 2. The van der Waals surface area contributed by atoms with E-state index in [1.54, 1.807) is 62.6 Å². The Hall–Kier alpha value is -6.18. The van der Waals surface area contributed by atoms with E-state index < -0.39 is 35.6 Å². The van der Waals surface area contributed by atoms with Crippen LogP contribution in [0.15, 0.2) is 121 Å². The highest BCUT2D eigenvalue weighted by atomic mass is 16.6. The van der Waals surface area contributed by atoms with Gasteiger partial charge in [-0.3, -0.25) is 10.6 Å². The predicted octanol–water partition coefficient (Wildman–Crippen LogP) is 6.82. The lowest BCUT2D eigenvalue weighted by Gasteiger charge is -2.36. The van der Waals surface area contributed by atoms with Crippen molar-refractivity contribution in [2.75, 3.05) is 41.5 Å². The Bertz CT molecular complexity index is 2240. The molecule has 4 atom stereocenters. The van der Waals surface area contributed by atoms with Crippen LogP contribution in [-0.2, 0) is 30.5 Å². The minimum atomic E-state index is -2.34. The fourth-order valence-corrected chi connectivity index (χ4v) is 7.20. The number of hydrogen-bond acceptors (Lipinski definition) is 12. The minimum Gasteiger partial charge on any atom is -0.497 e. The highest BCUT2D eigenvalue weighted by Crippen LogP contribution is 2.34. The van der Waals surface area contributed by atoms with Crippen molar-refractivity contribution in [1.29, 1.82) is 0 Å². The van der Waals surface area contributed by atoms with E-state index in [9.17, 15) is 19.8 Å². The quantitative estimate of drug-likeness (QED) is 0.0502. The van der Waals surface area contributed by atoms with E-state index in [-0.39, 0.29) is 26.1 Å². The van der Waals surface area contributed by atoms with E-state index in [1.807, 2.05) is 74.5 Å². The Labute approximate surface area is 349 Å². The molecule has 60 heavy (non-hydrogen) atoms. The number of carbonyl (C=O) groups excluding carboxylic acids is 2. The molecule has 0 aliphatic heterocycles. The van der Waals surface area contributed by atoms with Crippen LogP contribution in [0.2, 0.25) is 0 Å². The molecule has 12 heteroatoms. The molecular formula is C48H52N2O10. The number of ether oxygens (including phenoxy) is 6. The summed E-state index contributed by atoms with van der Waals surface area (Å²) < 4.78 is 35.2. The molecule has 0 aliphatic rings. The number of aliphatic hydroxyl groups is 2. The summed E-state index contributed by atoms with van der Waals surface area (Å²) in [4.78, 5) is 27.7. The Morgan fingerprint density at radius 2 is 0.950 bits per heavy atom. The summed E-state index contributed by atoms with van der Waals surface area (Å²) in [6, 6.07) is 37.3. The van der Waals surface area contributed by atoms with Crippen LogP contribution < -0.4 is 29.6 Å². The molecule has 314 valence electrons. The number of benzene rings is 6. The monoisotopic (exact) mass is 816 g/mol. The zero-order valence-electron chi connectivity index (χ0n) is 34.7. The minimum absolute atomic E-state index is 0.0632. The molecule has 12 nitrogen and oxygen atoms in total. The van der Waals surface area contributed by atoms with Crippen LogP contribution in [0.5, 0.6) is 23.0 Å². The molecule has 0 aliphatic carbocycles. The third kappa shape index (κ3) is 9.64. The first-order valence-electron chi connectivity index (χ1n) is 19.7. The van der Waals surface area contributed by atoms with E-state index in [1.165, 1.54) is 14.2 Å². The number of rotatable bonds is 19. The summed E-state index contributed by atoms with van der Waals surface area (Å²) in [5.41, 5.74) is 0.0625. The van der Waals surface area contributed by atoms with Crippen molar-refractivity contribution in [2.24, 2.45) is 0 Å². The van der Waals surface area contributed by atoms with Crippen molar-refractivity contribution < 1.29 is 48.2 Å². The standard InChI is InChI=1S/C48H52N2O10/c1-31-13-23-39-33(29-31)9-7-11-41(39)57-27-25-47(49-3,35-15-19-37(55-5)20-16-35)59-45(53)43(51)44(52)46(54)60-48(50-4,36-17-21-38(56-6)22-18-36)26-28-58-42-12-8-10-34-30-32(2)14-24-40(34)42/h7-24,29-30,43-44,49-52H,25-28H2,1-6H3. The lowest BCUT2D eigenvalue weighted by molar-refractivity contribution is -0.196. The van der Waals surface area contributed by atoms with Gasteiger partial charge in [0.1, 0.15) is 23.0 Å². The van der Waals surface area contributed by atoms with Gasteiger partial charge in [-0.1, -0.05) is 71.8 Å². The number of nitrogens with one attached hydrogen (secondary N) is 2. The number of carbonyl (C=O) groups is 2. The molecule has 0 amide bonds. The van der Waals surface area contributed by atoms with Crippen LogP contribution in [0.25, 0.3) is 21.5 Å². The van der Waals surface area contributed by atoms with E-state index in [4.69, 9.17) is 28.4 Å². The van der Waals surface area contributed by atoms with Gasteiger partial charge in [0, 0.05) is 34.7 Å². The Morgan fingerprint density at radius 3 is 1.30 bits per heavy atom. The second-order valence-electron chi connectivity index (χ2n) is 14.5. The van der Waals surface area contributed by atoms with Crippen molar-refractivity contribution in [3.63, 3.8) is 0 Å². The maximum absolute atomic E-state index is 13.8. The van der Waals surface area contributed by atoms with Crippen LogP contribution in [-0.4, -0.2) is 75.9 Å². The van der Waals surface area contributed by atoms with Gasteiger partial charge in [0.2, 0.25) is 0 Å². The number of aryl methyl sites for hydroxylation is 2. The van der Waals surface area contributed by atoms with Crippen LogP contribution >= 0.6 is 0 Å². The molecule has 0 radical (unpaired) electrons. The van der Waals surface area contributed by atoms with E-state index >= 15 is 0 Å². The van der Waals surface area contributed by atoms with Gasteiger partial charge >= 0.3 is 11.9 Å². The largest absolute Gasteiger partial charge is 0.497 e. The maximum atomic E-state index is 13.8. The van der Waals surface area contributed by atoms with E-state index in [2.05, 4.69) is 22.8 Å². The van der Waals surface area contributed by atoms with E-state index in [0.29, 0.717) is 34.1 Å². The fraction of sp³-hybridized carbons (Fsp3) is 0.292. The molecule has 0 aromatic heterocycles. The topological polar surface area (TPSA) is 154 Å². The summed E-state index contributed by atoms with van der Waals surface area (Å²) in [5, 5.41) is 32.6. The molecule has 0 fully saturated rings. The SMILES string of the molecule is CNC(CCOc1cccc2cc(C)ccc12)(OC(=O)C(O)C(O)C(=O)OC(CCOc1cccc2cc(C)ccc12)(NC)c1ccc(OC)cc1)c1ccc(OC)cc1. The summed E-state index contributed by atoms with van der Waals surface area (Å²) in [7, 11) is 6.25. The Kier molecular flexibility index (Phi) is 13.9. The summed E-state index contributed by atoms with van der Waals surface area (Å²) >= 11 is 0. The lowest BCUT2D eigenvalue weighted by Crippen LogP contribution is -2.52. The molecular weight excluding hydrogens is 765 g/mol. The summed E-state index contributed by atoms with van der Waals surface area (Å²) in [6.45, 7) is 4.18. The molecule has 0 saturated carbocycles. The number of fused-ring (bicyclic) bond motifs is 2. The first-order chi connectivity index (χ1) is 28.9. The van der Waals surface area contributed by atoms with Crippen LogP contribution in [0.1, 0.15) is 35.1 Å². The average molecular weight is 817 g/mol. The van der Waals surface area contributed by atoms with Gasteiger partial charge < -0.3 is 38.6 Å². The zero-order chi connectivity index (χ0) is 42.9. The zero-order valence-corrected chi connectivity index (χ0v) is 34.7. The number of aliphatic hydroxyl groups excluding tert-OH is 2. The van der Waals surface area contributed by atoms with Gasteiger partial charge in [-0.15, -0.1) is 0 Å². The maximum Gasteiger partial charge on any atom is 0.340 e. The van der Waals surface area contributed by atoms with Gasteiger partial charge in [-0.25, -0.2) is 9.59 Å². The van der Waals surface area contributed by atoms with E-state index in [0.717, 1.165) is 32.7 Å². The first kappa shape index (κ1) is 43.4. The Morgan fingerprint density at radius 1 is 0.567 bits per heavy atom. The second-order valence-corrected chi connectivity index (χ2v) is 14.5. The molecule has 6 aromatic rings. The van der Waals surface area contributed by atoms with Gasteiger partial charge in [0.25, 0.3) is 0 Å².